The Morgan fingerprint density at radius 1 is 0.974 bits per heavy atom. The second-order valence-electron chi connectivity index (χ2n) is 11.2. The van der Waals surface area contributed by atoms with Gasteiger partial charge in [0.1, 0.15) is 17.7 Å². The van der Waals surface area contributed by atoms with Crippen molar-refractivity contribution in [3.05, 3.63) is 71.3 Å². The third-order valence-electron chi connectivity index (χ3n) is 6.08. The van der Waals surface area contributed by atoms with Gasteiger partial charge >= 0.3 is 6.09 Å². The van der Waals surface area contributed by atoms with Crippen molar-refractivity contribution >= 4 is 17.9 Å². The van der Waals surface area contributed by atoms with Crippen LogP contribution in [0.15, 0.2) is 54.6 Å². The van der Waals surface area contributed by atoms with Crippen LogP contribution in [-0.2, 0) is 20.9 Å². The van der Waals surface area contributed by atoms with Gasteiger partial charge in [-0.15, -0.1) is 0 Å². The highest BCUT2D eigenvalue weighted by Gasteiger charge is 2.36. The number of aryl methyl sites for hydroxylation is 1. The lowest BCUT2D eigenvalue weighted by atomic mass is 9.96. The van der Waals surface area contributed by atoms with E-state index in [1.807, 2.05) is 82.3 Å². The number of hydrogen-bond acceptors (Lipinski definition) is 4. The molecule has 38 heavy (non-hydrogen) atoms. The molecule has 2 aromatic carbocycles. The van der Waals surface area contributed by atoms with Crippen molar-refractivity contribution in [2.75, 3.05) is 6.54 Å². The average molecular weight is 524 g/mol. The van der Waals surface area contributed by atoms with Crippen LogP contribution in [0.4, 0.5) is 4.79 Å². The number of amides is 3. The van der Waals surface area contributed by atoms with Gasteiger partial charge in [-0.3, -0.25) is 9.59 Å². The van der Waals surface area contributed by atoms with Gasteiger partial charge in [0.2, 0.25) is 11.8 Å². The zero-order valence-corrected chi connectivity index (χ0v) is 24.0. The summed E-state index contributed by atoms with van der Waals surface area (Å²) < 4.78 is 5.46. The van der Waals surface area contributed by atoms with Gasteiger partial charge in [-0.25, -0.2) is 4.79 Å². The Morgan fingerprint density at radius 2 is 1.61 bits per heavy atom. The lowest BCUT2D eigenvalue weighted by molar-refractivity contribution is -0.143. The summed E-state index contributed by atoms with van der Waals surface area (Å²) in [5.41, 5.74) is 1.96. The summed E-state index contributed by atoms with van der Waals surface area (Å²) in [6.07, 6.45) is 1.35. The molecule has 0 radical (unpaired) electrons. The fourth-order valence-corrected chi connectivity index (χ4v) is 4.26. The first-order chi connectivity index (χ1) is 17.9. The number of hydrogen-bond donors (Lipinski definition) is 2. The second kappa shape index (κ2) is 14.6. The fourth-order valence-electron chi connectivity index (χ4n) is 4.26. The largest absolute Gasteiger partial charge is 0.444 e. The summed E-state index contributed by atoms with van der Waals surface area (Å²) in [7, 11) is 0. The zero-order chi connectivity index (χ0) is 28.3. The summed E-state index contributed by atoms with van der Waals surface area (Å²) in [5.74, 6) is -0.412. The highest BCUT2D eigenvalue weighted by molar-refractivity contribution is 5.92. The number of carbonyl (C=O) groups excluding carboxylic acids is 3. The molecule has 208 valence electrons. The lowest BCUT2D eigenvalue weighted by Gasteiger charge is -2.35. The van der Waals surface area contributed by atoms with Crippen molar-refractivity contribution in [3.63, 3.8) is 0 Å². The van der Waals surface area contributed by atoms with Crippen LogP contribution in [0, 0.1) is 12.8 Å². The van der Waals surface area contributed by atoms with Crippen LogP contribution in [0.2, 0.25) is 0 Å². The molecule has 3 amide bonds. The predicted octanol–water partition coefficient (Wildman–Crippen LogP) is 5.92. The minimum absolute atomic E-state index is 0.135. The fraction of sp³-hybridized carbons (Fsp3) is 0.516. The monoisotopic (exact) mass is 523 g/mol. The average Bonchev–Trinajstić information content (AvgIpc) is 2.84. The van der Waals surface area contributed by atoms with Crippen molar-refractivity contribution in [3.8, 4) is 0 Å². The van der Waals surface area contributed by atoms with E-state index in [0.717, 1.165) is 29.5 Å². The van der Waals surface area contributed by atoms with E-state index in [-0.39, 0.29) is 17.7 Å². The smallest absolute Gasteiger partial charge is 0.408 e. The molecule has 7 nitrogen and oxygen atoms in total. The molecule has 2 N–H and O–H groups in total. The van der Waals surface area contributed by atoms with Crippen molar-refractivity contribution < 1.29 is 19.1 Å². The van der Waals surface area contributed by atoms with Gasteiger partial charge in [0.05, 0.1) is 0 Å². The third-order valence-corrected chi connectivity index (χ3v) is 6.08. The van der Waals surface area contributed by atoms with Crippen LogP contribution in [0.25, 0.3) is 0 Å². The van der Waals surface area contributed by atoms with Crippen LogP contribution < -0.4 is 10.6 Å². The maximum Gasteiger partial charge on any atom is 0.408 e. The maximum absolute atomic E-state index is 14.2. The van der Waals surface area contributed by atoms with Gasteiger partial charge in [0.25, 0.3) is 0 Å². The van der Waals surface area contributed by atoms with Gasteiger partial charge in [-0.1, -0.05) is 81.8 Å². The number of rotatable bonds is 12. The molecule has 0 aliphatic rings. The van der Waals surface area contributed by atoms with Crippen LogP contribution in [0.3, 0.4) is 0 Å². The Bertz CT molecular complexity index is 1050. The number of carbonyl (C=O) groups is 3. The van der Waals surface area contributed by atoms with E-state index in [2.05, 4.69) is 10.6 Å². The molecule has 0 aliphatic carbocycles. The standard InChI is InChI=1S/C31H45N3O4/c1-8-9-19-34(29(36)26(20-22(2)3)33-30(37)38-31(5,6)7)27(25-18-14-13-15-23(25)4)28(35)32-21-24-16-11-10-12-17-24/h10-18,22,26-27H,8-9,19-21H2,1-7H3,(H,32,35)(H,33,37). The molecule has 0 saturated carbocycles. The number of nitrogens with zero attached hydrogens (tertiary/aromatic N) is 1. The Balaban J connectivity index is 2.46. The van der Waals surface area contributed by atoms with Crippen molar-refractivity contribution in [2.24, 2.45) is 5.92 Å². The third kappa shape index (κ3) is 9.84. The summed E-state index contributed by atoms with van der Waals surface area (Å²) >= 11 is 0. The second-order valence-corrected chi connectivity index (χ2v) is 11.2. The first kappa shape index (κ1) is 30.9. The molecule has 0 bridgehead atoms. The molecular formula is C31H45N3O4. The molecular weight excluding hydrogens is 478 g/mol. The lowest BCUT2D eigenvalue weighted by Crippen LogP contribution is -2.53. The Hall–Kier alpha value is -3.35. The molecule has 2 atom stereocenters. The van der Waals surface area contributed by atoms with E-state index in [1.54, 1.807) is 25.7 Å². The SMILES string of the molecule is CCCCN(C(=O)C(CC(C)C)NC(=O)OC(C)(C)C)C(C(=O)NCc1ccccc1)c1ccccc1C. The van der Waals surface area contributed by atoms with E-state index >= 15 is 0 Å². The van der Waals surface area contributed by atoms with Crippen LogP contribution >= 0.6 is 0 Å². The van der Waals surface area contributed by atoms with Gasteiger partial charge in [-0.05, 0) is 63.1 Å². The minimum Gasteiger partial charge on any atom is -0.444 e. The number of nitrogens with one attached hydrogen (secondary N) is 2. The molecule has 0 fully saturated rings. The minimum atomic E-state index is -0.839. The summed E-state index contributed by atoms with van der Waals surface area (Å²) in [4.78, 5) is 42.3. The number of ether oxygens (including phenoxy) is 1. The Labute approximate surface area is 228 Å². The highest BCUT2D eigenvalue weighted by atomic mass is 16.6. The first-order valence-corrected chi connectivity index (χ1v) is 13.6. The molecule has 2 aromatic rings. The highest BCUT2D eigenvalue weighted by Crippen LogP contribution is 2.27. The molecule has 0 aromatic heterocycles. The van der Waals surface area contributed by atoms with Crippen LogP contribution in [0.1, 0.15) is 83.5 Å². The molecule has 0 spiro atoms. The number of alkyl carbamates (subject to hydrolysis) is 1. The van der Waals surface area contributed by atoms with Gasteiger partial charge < -0.3 is 20.3 Å². The first-order valence-electron chi connectivity index (χ1n) is 13.6. The summed E-state index contributed by atoms with van der Waals surface area (Å²) in [6, 6.07) is 15.7. The Kier molecular flexibility index (Phi) is 11.8. The van der Waals surface area contributed by atoms with E-state index in [1.165, 1.54) is 0 Å². The molecule has 0 saturated heterocycles. The van der Waals surface area contributed by atoms with Crippen LogP contribution in [0.5, 0.6) is 0 Å². The van der Waals surface area contributed by atoms with Crippen molar-refractivity contribution in [1.29, 1.82) is 0 Å². The van der Waals surface area contributed by atoms with Crippen molar-refractivity contribution in [2.45, 2.75) is 92.0 Å². The normalized spacial score (nSPS) is 12.9. The molecule has 2 rings (SSSR count). The maximum atomic E-state index is 14.2. The van der Waals surface area contributed by atoms with E-state index < -0.39 is 23.8 Å². The van der Waals surface area contributed by atoms with Crippen LogP contribution in [-0.4, -0.2) is 41.0 Å². The zero-order valence-electron chi connectivity index (χ0n) is 24.0. The van der Waals surface area contributed by atoms with Gasteiger partial charge in [-0.2, -0.15) is 0 Å². The topological polar surface area (TPSA) is 87.7 Å². The van der Waals surface area contributed by atoms with Crippen molar-refractivity contribution in [1.82, 2.24) is 15.5 Å². The molecule has 7 heteroatoms. The number of benzene rings is 2. The van der Waals surface area contributed by atoms with Gasteiger partial charge in [0, 0.05) is 13.1 Å². The van der Waals surface area contributed by atoms with E-state index in [4.69, 9.17) is 4.74 Å². The number of unbranched alkanes of at least 4 members (excludes halogenated alkanes) is 1. The quantitative estimate of drug-likeness (QED) is 0.361. The molecule has 0 heterocycles. The summed E-state index contributed by atoms with van der Waals surface area (Å²) in [6.45, 7) is 14.1. The predicted molar refractivity (Wildman–Crippen MR) is 151 cm³/mol. The Morgan fingerprint density at radius 3 is 2.18 bits per heavy atom. The summed E-state index contributed by atoms with van der Waals surface area (Å²) in [5, 5.41) is 5.84. The molecule has 2 unspecified atom stereocenters. The molecule has 0 aliphatic heterocycles. The van der Waals surface area contributed by atoms with E-state index in [0.29, 0.717) is 19.5 Å². The van der Waals surface area contributed by atoms with E-state index in [9.17, 15) is 14.4 Å². The van der Waals surface area contributed by atoms with Gasteiger partial charge in [0.15, 0.2) is 0 Å².